The van der Waals surface area contributed by atoms with E-state index in [2.05, 4.69) is 74.4 Å². The SMILES string of the molecule is Cc1ccc(Pc2ccccc2OCc2ccccc2)c(N(C)C)c1. The van der Waals surface area contributed by atoms with E-state index >= 15 is 0 Å². The van der Waals surface area contributed by atoms with E-state index in [0.29, 0.717) is 15.2 Å². The lowest BCUT2D eigenvalue weighted by atomic mass is 10.2. The summed E-state index contributed by atoms with van der Waals surface area (Å²) in [6.45, 7) is 2.73. The number of nitrogens with zero attached hydrogens (tertiary/aromatic N) is 1. The van der Waals surface area contributed by atoms with Gasteiger partial charge in [-0.1, -0.05) is 69.2 Å². The minimum atomic E-state index is 0.564. The van der Waals surface area contributed by atoms with Gasteiger partial charge >= 0.3 is 0 Å². The zero-order valence-electron chi connectivity index (χ0n) is 15.0. The number of aryl methyl sites for hydroxylation is 1. The smallest absolute Gasteiger partial charge is 0.127 e. The maximum atomic E-state index is 6.11. The summed E-state index contributed by atoms with van der Waals surface area (Å²) in [6.07, 6.45) is 0. The minimum Gasteiger partial charge on any atom is -0.488 e. The topological polar surface area (TPSA) is 12.5 Å². The Morgan fingerprint density at radius 1 is 0.840 bits per heavy atom. The van der Waals surface area contributed by atoms with E-state index in [1.807, 2.05) is 24.3 Å². The largest absolute Gasteiger partial charge is 0.488 e. The average Bonchev–Trinajstić information content (AvgIpc) is 2.63. The van der Waals surface area contributed by atoms with Crippen LogP contribution in [0, 0.1) is 6.92 Å². The molecule has 3 rings (SSSR count). The number of hydrogen-bond donors (Lipinski definition) is 0. The molecule has 0 saturated heterocycles. The molecular weight excluding hydrogens is 325 g/mol. The fourth-order valence-corrected chi connectivity index (χ4v) is 4.03. The molecule has 0 aromatic heterocycles. The molecule has 0 bridgehead atoms. The molecule has 3 heteroatoms. The van der Waals surface area contributed by atoms with Gasteiger partial charge in [0.25, 0.3) is 0 Å². The predicted molar refractivity (Wildman–Crippen MR) is 110 cm³/mol. The lowest BCUT2D eigenvalue weighted by molar-refractivity contribution is 0.309. The summed E-state index contributed by atoms with van der Waals surface area (Å²) in [5, 5.41) is 2.58. The first-order valence-corrected chi connectivity index (χ1v) is 9.44. The third-order valence-corrected chi connectivity index (χ3v) is 5.40. The number of ether oxygens (including phenoxy) is 1. The number of rotatable bonds is 6. The van der Waals surface area contributed by atoms with Crippen LogP contribution in [0.15, 0.2) is 72.8 Å². The first-order valence-electron chi connectivity index (χ1n) is 8.44. The van der Waals surface area contributed by atoms with E-state index in [-0.39, 0.29) is 0 Å². The molecule has 0 spiro atoms. The van der Waals surface area contributed by atoms with Crippen molar-refractivity contribution in [2.24, 2.45) is 0 Å². The Morgan fingerprint density at radius 2 is 1.56 bits per heavy atom. The third kappa shape index (κ3) is 4.61. The van der Waals surface area contributed by atoms with Gasteiger partial charge in [-0.25, -0.2) is 0 Å². The van der Waals surface area contributed by atoms with E-state index < -0.39 is 0 Å². The van der Waals surface area contributed by atoms with E-state index in [1.165, 1.54) is 27.4 Å². The van der Waals surface area contributed by atoms with Gasteiger partial charge in [0.15, 0.2) is 0 Å². The van der Waals surface area contributed by atoms with Gasteiger partial charge in [0.05, 0.1) is 0 Å². The van der Waals surface area contributed by atoms with E-state index in [4.69, 9.17) is 4.74 Å². The molecular formula is C22H24NOP. The highest BCUT2D eigenvalue weighted by Crippen LogP contribution is 2.25. The van der Waals surface area contributed by atoms with Gasteiger partial charge in [-0.2, -0.15) is 0 Å². The molecule has 0 radical (unpaired) electrons. The van der Waals surface area contributed by atoms with Crippen LogP contribution in [-0.4, -0.2) is 14.1 Å². The number of para-hydroxylation sites is 1. The lowest BCUT2D eigenvalue weighted by Gasteiger charge is -2.19. The summed E-state index contributed by atoms with van der Waals surface area (Å²) >= 11 is 0. The molecule has 128 valence electrons. The van der Waals surface area contributed by atoms with Crippen LogP contribution >= 0.6 is 8.58 Å². The minimum absolute atomic E-state index is 0.564. The van der Waals surface area contributed by atoms with Crippen molar-refractivity contribution in [1.82, 2.24) is 0 Å². The molecule has 0 fully saturated rings. The van der Waals surface area contributed by atoms with Crippen molar-refractivity contribution in [3.8, 4) is 5.75 Å². The van der Waals surface area contributed by atoms with Gasteiger partial charge in [0.1, 0.15) is 12.4 Å². The second kappa shape index (κ2) is 8.18. The zero-order valence-corrected chi connectivity index (χ0v) is 16.0. The summed E-state index contributed by atoms with van der Waals surface area (Å²) in [6, 6.07) is 25.3. The lowest BCUT2D eigenvalue weighted by Crippen LogP contribution is -2.18. The highest BCUT2D eigenvalue weighted by atomic mass is 31.1. The Balaban J connectivity index is 1.82. The van der Waals surface area contributed by atoms with E-state index in [1.54, 1.807) is 0 Å². The van der Waals surface area contributed by atoms with Gasteiger partial charge in [-0.05, 0) is 30.2 Å². The molecule has 0 aliphatic rings. The van der Waals surface area contributed by atoms with Crippen molar-refractivity contribution in [2.45, 2.75) is 13.5 Å². The maximum absolute atomic E-state index is 6.11. The van der Waals surface area contributed by atoms with Crippen LogP contribution < -0.4 is 20.2 Å². The second-order valence-electron chi connectivity index (χ2n) is 6.31. The monoisotopic (exact) mass is 349 g/mol. The molecule has 3 aromatic rings. The third-order valence-electron chi connectivity index (χ3n) is 4.03. The summed E-state index contributed by atoms with van der Waals surface area (Å²) in [7, 11) is 4.76. The second-order valence-corrected chi connectivity index (χ2v) is 7.64. The van der Waals surface area contributed by atoms with Crippen LogP contribution in [-0.2, 0) is 6.61 Å². The molecule has 0 amide bonds. The van der Waals surface area contributed by atoms with E-state index in [0.717, 1.165) is 5.75 Å². The van der Waals surface area contributed by atoms with Crippen molar-refractivity contribution >= 4 is 24.9 Å². The van der Waals surface area contributed by atoms with Crippen LogP contribution in [0.4, 0.5) is 5.69 Å². The maximum Gasteiger partial charge on any atom is 0.127 e. The normalized spacial score (nSPS) is 11.0. The fourth-order valence-electron chi connectivity index (χ4n) is 2.69. The Hall–Kier alpha value is -2.31. The van der Waals surface area contributed by atoms with Crippen molar-refractivity contribution in [3.05, 3.63) is 83.9 Å². The highest BCUT2D eigenvalue weighted by Gasteiger charge is 2.10. The standard InChI is InChI=1S/C22H24NOP/c1-17-13-14-21(19(15-17)23(2)3)25-22-12-8-7-11-20(22)24-16-18-9-5-4-6-10-18/h4-15,25H,16H2,1-3H3. The van der Waals surface area contributed by atoms with Gasteiger partial charge < -0.3 is 9.64 Å². The van der Waals surface area contributed by atoms with Crippen LogP contribution in [0.25, 0.3) is 0 Å². The number of anilines is 1. The quantitative estimate of drug-likeness (QED) is 0.616. The van der Waals surface area contributed by atoms with Crippen LogP contribution in [0.2, 0.25) is 0 Å². The summed E-state index contributed by atoms with van der Waals surface area (Å²) < 4.78 is 6.11. The first kappa shape index (κ1) is 17.5. The number of hydrogen-bond acceptors (Lipinski definition) is 2. The Bertz CT molecular complexity index is 830. The van der Waals surface area contributed by atoms with Gasteiger partial charge in [0, 0.05) is 30.4 Å². The Labute approximate surface area is 152 Å². The zero-order chi connectivity index (χ0) is 17.6. The predicted octanol–water partition coefficient (Wildman–Crippen LogP) is 4.27. The molecule has 2 nitrogen and oxygen atoms in total. The summed E-state index contributed by atoms with van der Waals surface area (Å²) in [5.74, 6) is 0.968. The van der Waals surface area contributed by atoms with Crippen molar-refractivity contribution < 1.29 is 4.74 Å². The van der Waals surface area contributed by atoms with Crippen molar-refractivity contribution in [2.75, 3.05) is 19.0 Å². The fraction of sp³-hybridized carbons (Fsp3) is 0.182. The average molecular weight is 349 g/mol. The van der Waals surface area contributed by atoms with Gasteiger partial charge in [-0.3, -0.25) is 0 Å². The molecule has 0 heterocycles. The number of benzene rings is 3. The molecule has 1 atom stereocenters. The Kier molecular flexibility index (Phi) is 5.73. The van der Waals surface area contributed by atoms with E-state index in [9.17, 15) is 0 Å². The van der Waals surface area contributed by atoms with Crippen molar-refractivity contribution in [3.63, 3.8) is 0 Å². The molecule has 25 heavy (non-hydrogen) atoms. The molecule has 0 saturated carbocycles. The van der Waals surface area contributed by atoms with Gasteiger partial charge in [-0.15, -0.1) is 0 Å². The molecule has 0 aliphatic carbocycles. The molecule has 3 aromatic carbocycles. The molecule has 0 N–H and O–H groups in total. The van der Waals surface area contributed by atoms with Crippen LogP contribution in [0.3, 0.4) is 0 Å². The van der Waals surface area contributed by atoms with Crippen molar-refractivity contribution in [1.29, 1.82) is 0 Å². The first-order chi connectivity index (χ1) is 12.1. The van der Waals surface area contributed by atoms with Crippen LogP contribution in [0.5, 0.6) is 5.75 Å². The molecule has 1 unspecified atom stereocenters. The molecule has 0 aliphatic heterocycles. The Morgan fingerprint density at radius 3 is 2.32 bits per heavy atom. The van der Waals surface area contributed by atoms with Gasteiger partial charge in [0.2, 0.25) is 0 Å². The summed E-state index contributed by atoms with van der Waals surface area (Å²) in [4.78, 5) is 2.18. The summed E-state index contributed by atoms with van der Waals surface area (Å²) in [5.41, 5.74) is 3.74. The highest BCUT2D eigenvalue weighted by molar-refractivity contribution is 7.56. The van der Waals surface area contributed by atoms with Crippen LogP contribution in [0.1, 0.15) is 11.1 Å².